The number of hydrogen-bond acceptors (Lipinski definition) is 4. The number of nitrogens with zero attached hydrogens (tertiary/aromatic N) is 1. The third-order valence-corrected chi connectivity index (χ3v) is 7.85. The highest BCUT2D eigenvalue weighted by atomic mass is 32.2. The standard InChI is InChI=1S/C21H25NO4S/c1-3-26-20(23)22-15-13-21(14-16-22,19-12-8-7-9-17(19)2)27(24,25)18-10-5-4-6-11-18/h4-12H,3,13-16H2,1-2H3. The molecule has 2 aromatic carbocycles. The lowest BCUT2D eigenvalue weighted by molar-refractivity contribution is 0.0939. The number of carbonyl (C=O) groups is 1. The molecule has 2 aromatic rings. The maximum Gasteiger partial charge on any atom is 0.409 e. The topological polar surface area (TPSA) is 63.7 Å². The summed E-state index contributed by atoms with van der Waals surface area (Å²) in [5.74, 6) is 0. The van der Waals surface area contributed by atoms with Crippen LogP contribution in [0.3, 0.4) is 0 Å². The van der Waals surface area contributed by atoms with Crippen LogP contribution in [0.2, 0.25) is 0 Å². The van der Waals surface area contributed by atoms with Gasteiger partial charge >= 0.3 is 6.09 Å². The summed E-state index contributed by atoms with van der Waals surface area (Å²) in [5.41, 5.74) is 1.76. The first-order chi connectivity index (χ1) is 12.9. The zero-order valence-electron chi connectivity index (χ0n) is 15.7. The number of ether oxygens (including phenoxy) is 1. The summed E-state index contributed by atoms with van der Waals surface area (Å²) in [6, 6.07) is 16.2. The van der Waals surface area contributed by atoms with E-state index in [9.17, 15) is 13.2 Å². The van der Waals surface area contributed by atoms with E-state index in [2.05, 4.69) is 0 Å². The Morgan fingerprint density at radius 1 is 1.04 bits per heavy atom. The minimum Gasteiger partial charge on any atom is -0.450 e. The van der Waals surface area contributed by atoms with E-state index in [4.69, 9.17) is 4.74 Å². The van der Waals surface area contributed by atoms with Gasteiger partial charge < -0.3 is 9.64 Å². The van der Waals surface area contributed by atoms with Crippen molar-refractivity contribution in [2.45, 2.75) is 36.3 Å². The number of benzene rings is 2. The number of likely N-dealkylation sites (tertiary alicyclic amines) is 1. The fourth-order valence-electron chi connectivity index (χ4n) is 3.86. The van der Waals surface area contributed by atoms with Crippen LogP contribution in [0.1, 0.15) is 30.9 Å². The molecule has 1 aliphatic rings. The minimum absolute atomic E-state index is 0.306. The van der Waals surface area contributed by atoms with Gasteiger partial charge in [-0.2, -0.15) is 0 Å². The van der Waals surface area contributed by atoms with Crippen molar-refractivity contribution < 1.29 is 17.9 Å². The molecule has 5 nitrogen and oxygen atoms in total. The second-order valence-corrected chi connectivity index (χ2v) is 9.07. The van der Waals surface area contributed by atoms with Crippen LogP contribution >= 0.6 is 0 Å². The molecule has 144 valence electrons. The Hall–Kier alpha value is -2.34. The van der Waals surface area contributed by atoms with Gasteiger partial charge in [0.15, 0.2) is 9.84 Å². The third-order valence-electron chi connectivity index (χ3n) is 5.30. The van der Waals surface area contributed by atoms with Crippen LogP contribution in [-0.4, -0.2) is 39.1 Å². The van der Waals surface area contributed by atoms with Gasteiger partial charge in [0.05, 0.1) is 11.5 Å². The van der Waals surface area contributed by atoms with Crippen molar-refractivity contribution in [1.82, 2.24) is 4.90 Å². The highest BCUT2D eigenvalue weighted by Crippen LogP contribution is 2.45. The molecule has 1 aliphatic heterocycles. The first kappa shape index (κ1) is 19.4. The first-order valence-electron chi connectivity index (χ1n) is 9.20. The van der Waals surface area contributed by atoms with Crippen molar-refractivity contribution in [3.63, 3.8) is 0 Å². The molecule has 0 bridgehead atoms. The molecule has 1 saturated heterocycles. The van der Waals surface area contributed by atoms with Crippen molar-refractivity contribution >= 4 is 15.9 Å². The van der Waals surface area contributed by atoms with E-state index in [1.807, 2.05) is 37.3 Å². The van der Waals surface area contributed by atoms with Crippen LogP contribution < -0.4 is 0 Å². The molecule has 1 amide bonds. The van der Waals surface area contributed by atoms with Crippen molar-refractivity contribution in [1.29, 1.82) is 0 Å². The van der Waals surface area contributed by atoms with Gasteiger partial charge in [-0.25, -0.2) is 13.2 Å². The van der Waals surface area contributed by atoms with Crippen LogP contribution in [-0.2, 0) is 19.3 Å². The van der Waals surface area contributed by atoms with Crippen molar-refractivity contribution in [2.24, 2.45) is 0 Å². The molecule has 3 rings (SSSR count). The quantitative estimate of drug-likeness (QED) is 0.798. The van der Waals surface area contributed by atoms with E-state index in [0.29, 0.717) is 37.4 Å². The van der Waals surface area contributed by atoms with E-state index < -0.39 is 14.6 Å². The van der Waals surface area contributed by atoms with E-state index in [1.165, 1.54) is 0 Å². The zero-order valence-corrected chi connectivity index (χ0v) is 16.5. The van der Waals surface area contributed by atoms with Crippen molar-refractivity contribution in [3.8, 4) is 0 Å². The summed E-state index contributed by atoms with van der Waals surface area (Å²) in [4.78, 5) is 14.0. The maximum absolute atomic E-state index is 13.7. The predicted octanol–water partition coefficient (Wildman–Crippen LogP) is 3.92. The number of rotatable bonds is 4. The summed E-state index contributed by atoms with van der Waals surface area (Å²) < 4.78 is 31.5. The molecular formula is C21H25NO4S. The minimum atomic E-state index is -3.64. The molecule has 6 heteroatoms. The molecule has 1 fully saturated rings. The molecule has 27 heavy (non-hydrogen) atoms. The highest BCUT2D eigenvalue weighted by Gasteiger charge is 2.49. The van der Waals surface area contributed by atoms with Gasteiger partial charge in [0, 0.05) is 13.1 Å². The SMILES string of the molecule is CCOC(=O)N1CCC(c2ccccc2C)(S(=O)(=O)c2ccccc2)CC1. The number of sulfone groups is 1. The van der Waals surface area contributed by atoms with Gasteiger partial charge in [-0.15, -0.1) is 0 Å². The Kier molecular flexibility index (Phi) is 5.56. The summed E-state index contributed by atoms with van der Waals surface area (Å²) in [6.45, 7) is 4.70. The largest absolute Gasteiger partial charge is 0.450 e. The first-order valence-corrected chi connectivity index (χ1v) is 10.7. The number of aryl methyl sites for hydroxylation is 1. The van der Waals surface area contributed by atoms with Crippen LogP contribution in [0.15, 0.2) is 59.5 Å². The second kappa shape index (κ2) is 7.72. The highest BCUT2D eigenvalue weighted by molar-refractivity contribution is 7.92. The van der Waals surface area contributed by atoms with Gasteiger partial charge in [-0.3, -0.25) is 0 Å². The summed E-state index contributed by atoms with van der Waals surface area (Å²) in [6.07, 6.45) is 0.301. The van der Waals surface area contributed by atoms with Crippen LogP contribution in [0, 0.1) is 6.92 Å². The van der Waals surface area contributed by atoms with Gasteiger partial charge in [-0.1, -0.05) is 42.5 Å². The average molecular weight is 388 g/mol. The molecular weight excluding hydrogens is 362 g/mol. The Bertz CT molecular complexity index is 901. The van der Waals surface area contributed by atoms with Crippen LogP contribution in [0.4, 0.5) is 4.79 Å². The van der Waals surface area contributed by atoms with Crippen LogP contribution in [0.25, 0.3) is 0 Å². The lowest BCUT2D eigenvalue weighted by atomic mass is 9.86. The second-order valence-electron chi connectivity index (χ2n) is 6.81. The van der Waals surface area contributed by atoms with Gasteiger partial charge in [0.1, 0.15) is 4.75 Å². The Morgan fingerprint density at radius 2 is 1.63 bits per heavy atom. The Labute approximate surface area is 160 Å². The van der Waals surface area contributed by atoms with E-state index in [1.54, 1.807) is 36.1 Å². The van der Waals surface area contributed by atoms with Gasteiger partial charge in [0.25, 0.3) is 0 Å². The van der Waals surface area contributed by atoms with E-state index in [-0.39, 0.29) is 6.09 Å². The fraction of sp³-hybridized carbons (Fsp3) is 0.381. The Balaban J connectivity index is 2.05. The van der Waals surface area contributed by atoms with Gasteiger partial charge in [0.2, 0.25) is 0 Å². The molecule has 0 N–H and O–H groups in total. The molecule has 0 atom stereocenters. The van der Waals surface area contributed by atoms with E-state index in [0.717, 1.165) is 11.1 Å². The maximum atomic E-state index is 13.7. The van der Waals surface area contributed by atoms with Crippen LogP contribution in [0.5, 0.6) is 0 Å². The molecule has 0 unspecified atom stereocenters. The monoisotopic (exact) mass is 387 g/mol. The molecule has 0 aliphatic carbocycles. The smallest absolute Gasteiger partial charge is 0.409 e. The lowest BCUT2D eigenvalue weighted by Gasteiger charge is -2.41. The summed E-state index contributed by atoms with van der Waals surface area (Å²) >= 11 is 0. The van der Waals surface area contributed by atoms with Crippen molar-refractivity contribution in [3.05, 3.63) is 65.7 Å². The molecule has 1 heterocycles. The van der Waals surface area contributed by atoms with Gasteiger partial charge in [-0.05, 0) is 49.9 Å². The molecule has 0 saturated carbocycles. The predicted molar refractivity (Wildman–Crippen MR) is 104 cm³/mol. The number of hydrogen-bond donors (Lipinski definition) is 0. The number of amides is 1. The Morgan fingerprint density at radius 3 is 2.22 bits per heavy atom. The molecule has 0 spiro atoms. The van der Waals surface area contributed by atoms with E-state index >= 15 is 0 Å². The summed E-state index contributed by atoms with van der Waals surface area (Å²) in [5, 5.41) is 0. The zero-order chi connectivity index (χ0) is 19.5. The normalized spacial score (nSPS) is 16.7. The van der Waals surface area contributed by atoms with Crippen molar-refractivity contribution in [2.75, 3.05) is 19.7 Å². The average Bonchev–Trinajstić information content (AvgIpc) is 2.69. The lowest BCUT2D eigenvalue weighted by Crippen LogP contribution is -2.49. The summed E-state index contributed by atoms with van der Waals surface area (Å²) in [7, 11) is -3.64. The molecule has 0 radical (unpaired) electrons. The molecule has 0 aromatic heterocycles. The third kappa shape index (κ3) is 3.46. The number of piperidine rings is 1. The fourth-order valence-corrected chi connectivity index (χ4v) is 6.06. The number of carbonyl (C=O) groups excluding carboxylic acids is 1.